The molecule has 1 aliphatic heterocycles. The predicted octanol–water partition coefficient (Wildman–Crippen LogP) is 1.17. The van der Waals surface area contributed by atoms with Crippen molar-refractivity contribution in [2.45, 2.75) is 19.3 Å². The van der Waals surface area contributed by atoms with Gasteiger partial charge in [-0.3, -0.25) is 0 Å². The van der Waals surface area contributed by atoms with Crippen molar-refractivity contribution in [3.8, 4) is 0 Å². The summed E-state index contributed by atoms with van der Waals surface area (Å²) < 4.78 is 10.8. The van der Waals surface area contributed by atoms with Crippen LogP contribution in [-0.4, -0.2) is 20.3 Å². The summed E-state index contributed by atoms with van der Waals surface area (Å²) in [6.45, 7) is 1.73. The minimum atomic E-state index is 0.0162. The van der Waals surface area contributed by atoms with Crippen LogP contribution in [0.2, 0.25) is 0 Å². The van der Waals surface area contributed by atoms with E-state index >= 15 is 0 Å². The predicted molar refractivity (Wildman–Crippen MR) is 39.6 cm³/mol. The topological polar surface area (TPSA) is 18.5 Å². The summed E-state index contributed by atoms with van der Waals surface area (Å²) in [5, 5.41) is 0. The molecule has 2 rings (SSSR count). The summed E-state index contributed by atoms with van der Waals surface area (Å²) in [6, 6.07) is 0. The van der Waals surface area contributed by atoms with E-state index in [0.717, 1.165) is 19.6 Å². The van der Waals surface area contributed by atoms with Gasteiger partial charge in [-0.05, 0) is 24.7 Å². The lowest BCUT2D eigenvalue weighted by molar-refractivity contribution is 0.138. The lowest BCUT2D eigenvalue weighted by Gasteiger charge is -2.25. The largest absolute Gasteiger partial charge is 0.489 e. The molecule has 10 heavy (non-hydrogen) atoms. The highest BCUT2D eigenvalue weighted by atomic mass is 16.6. The van der Waals surface area contributed by atoms with Gasteiger partial charge >= 0.3 is 7.12 Å². The van der Waals surface area contributed by atoms with Crippen LogP contribution in [0.25, 0.3) is 0 Å². The molecule has 0 atom stereocenters. The van der Waals surface area contributed by atoms with E-state index in [2.05, 4.69) is 6.08 Å². The molecule has 1 aliphatic carbocycles. The zero-order chi connectivity index (χ0) is 6.81. The molecule has 0 aromatic heterocycles. The molecule has 0 spiro atoms. The molecule has 3 heteroatoms. The molecule has 0 bridgehead atoms. The highest BCUT2D eigenvalue weighted by Crippen LogP contribution is 2.23. The van der Waals surface area contributed by atoms with Crippen LogP contribution in [-0.2, 0) is 9.31 Å². The molecule has 1 saturated heterocycles. The number of hydrogen-bond acceptors (Lipinski definition) is 2. The second-order valence-electron chi connectivity index (χ2n) is 2.74. The number of hydrogen-bond donors (Lipinski definition) is 0. The standard InChI is InChI=1S/C7H11BO2/c1-3-7(4-1)8-9-5-2-6-10-8/h3H,1-2,4-6H2. The van der Waals surface area contributed by atoms with E-state index in [-0.39, 0.29) is 7.12 Å². The van der Waals surface area contributed by atoms with Gasteiger partial charge in [-0.25, -0.2) is 0 Å². The van der Waals surface area contributed by atoms with Crippen LogP contribution in [0.15, 0.2) is 11.5 Å². The second-order valence-corrected chi connectivity index (χ2v) is 2.74. The quantitative estimate of drug-likeness (QED) is 0.506. The SMILES string of the molecule is C1=C(B2OCCCO2)CC1. The first-order valence-electron chi connectivity index (χ1n) is 3.89. The van der Waals surface area contributed by atoms with E-state index in [1.54, 1.807) is 0 Å². The molecule has 0 saturated carbocycles. The normalized spacial score (nSPS) is 25.6. The maximum atomic E-state index is 5.39. The van der Waals surface area contributed by atoms with Gasteiger partial charge in [-0.2, -0.15) is 0 Å². The minimum Gasteiger partial charge on any atom is -0.407 e. The molecule has 0 unspecified atom stereocenters. The van der Waals surface area contributed by atoms with Gasteiger partial charge < -0.3 is 9.31 Å². The van der Waals surface area contributed by atoms with Crippen LogP contribution in [0.1, 0.15) is 19.3 Å². The van der Waals surface area contributed by atoms with Gasteiger partial charge in [0.05, 0.1) is 0 Å². The Bertz CT molecular complexity index is 150. The lowest BCUT2D eigenvalue weighted by atomic mass is 9.69. The van der Waals surface area contributed by atoms with Gasteiger partial charge in [0, 0.05) is 13.2 Å². The molecular weight excluding hydrogens is 127 g/mol. The summed E-state index contributed by atoms with van der Waals surface area (Å²) in [5.74, 6) is 0. The van der Waals surface area contributed by atoms with Crippen LogP contribution < -0.4 is 0 Å². The zero-order valence-electron chi connectivity index (χ0n) is 6.01. The Morgan fingerprint density at radius 2 is 2.00 bits per heavy atom. The molecule has 0 amide bonds. The van der Waals surface area contributed by atoms with Crippen molar-refractivity contribution in [3.63, 3.8) is 0 Å². The van der Waals surface area contributed by atoms with Crippen molar-refractivity contribution in [2.24, 2.45) is 0 Å². The number of allylic oxidation sites excluding steroid dienone is 2. The van der Waals surface area contributed by atoms with Crippen LogP contribution in [0.3, 0.4) is 0 Å². The Kier molecular flexibility index (Phi) is 1.78. The second kappa shape index (κ2) is 2.76. The molecule has 2 aliphatic rings. The van der Waals surface area contributed by atoms with Gasteiger partial charge in [0.25, 0.3) is 0 Å². The lowest BCUT2D eigenvalue weighted by Crippen LogP contribution is -2.33. The highest BCUT2D eigenvalue weighted by Gasteiger charge is 2.28. The molecule has 1 fully saturated rings. The van der Waals surface area contributed by atoms with Gasteiger partial charge in [-0.15, -0.1) is 0 Å². The first-order valence-corrected chi connectivity index (χ1v) is 3.89. The monoisotopic (exact) mass is 138 g/mol. The molecule has 0 aromatic carbocycles. The van der Waals surface area contributed by atoms with Gasteiger partial charge in [-0.1, -0.05) is 6.08 Å². The van der Waals surface area contributed by atoms with E-state index in [1.165, 1.54) is 18.3 Å². The van der Waals surface area contributed by atoms with E-state index < -0.39 is 0 Å². The van der Waals surface area contributed by atoms with Crippen LogP contribution >= 0.6 is 0 Å². The zero-order valence-corrected chi connectivity index (χ0v) is 6.01. The van der Waals surface area contributed by atoms with Crippen molar-refractivity contribution in [1.82, 2.24) is 0 Å². The average molecular weight is 138 g/mol. The van der Waals surface area contributed by atoms with Gasteiger partial charge in [0.2, 0.25) is 0 Å². The van der Waals surface area contributed by atoms with E-state index in [4.69, 9.17) is 9.31 Å². The fourth-order valence-corrected chi connectivity index (χ4v) is 1.23. The molecule has 2 nitrogen and oxygen atoms in total. The third-order valence-electron chi connectivity index (χ3n) is 1.97. The third-order valence-corrected chi connectivity index (χ3v) is 1.97. The Labute approximate surface area is 61.3 Å². The fraction of sp³-hybridized carbons (Fsp3) is 0.714. The van der Waals surface area contributed by atoms with Crippen molar-refractivity contribution in [1.29, 1.82) is 0 Å². The van der Waals surface area contributed by atoms with Crippen LogP contribution in [0, 0.1) is 0 Å². The van der Waals surface area contributed by atoms with Crippen molar-refractivity contribution >= 4 is 7.12 Å². The van der Waals surface area contributed by atoms with Crippen molar-refractivity contribution in [3.05, 3.63) is 11.5 Å². The van der Waals surface area contributed by atoms with Crippen LogP contribution in [0.4, 0.5) is 0 Å². The molecule has 54 valence electrons. The maximum Gasteiger partial charge on any atom is 0.489 e. The molecule has 0 radical (unpaired) electrons. The van der Waals surface area contributed by atoms with E-state index in [1.807, 2.05) is 0 Å². The number of rotatable bonds is 1. The summed E-state index contributed by atoms with van der Waals surface area (Å²) in [7, 11) is 0.0162. The Balaban J connectivity index is 1.90. The third kappa shape index (κ3) is 1.11. The Morgan fingerprint density at radius 3 is 2.50 bits per heavy atom. The average Bonchev–Trinajstić information content (AvgIpc) is 1.86. The fourth-order valence-electron chi connectivity index (χ4n) is 1.23. The Morgan fingerprint density at radius 1 is 1.30 bits per heavy atom. The summed E-state index contributed by atoms with van der Waals surface area (Å²) >= 11 is 0. The van der Waals surface area contributed by atoms with Gasteiger partial charge in [0.15, 0.2) is 0 Å². The van der Waals surface area contributed by atoms with Gasteiger partial charge in [0.1, 0.15) is 0 Å². The summed E-state index contributed by atoms with van der Waals surface area (Å²) in [5.41, 5.74) is 1.35. The van der Waals surface area contributed by atoms with E-state index in [0.29, 0.717) is 0 Å². The summed E-state index contributed by atoms with van der Waals surface area (Å²) in [4.78, 5) is 0. The van der Waals surface area contributed by atoms with Crippen LogP contribution in [0.5, 0.6) is 0 Å². The first kappa shape index (κ1) is 6.44. The maximum absolute atomic E-state index is 5.39. The smallest absolute Gasteiger partial charge is 0.407 e. The summed E-state index contributed by atoms with van der Waals surface area (Å²) in [6.07, 6.45) is 5.63. The first-order chi connectivity index (χ1) is 4.97. The van der Waals surface area contributed by atoms with Crippen molar-refractivity contribution < 1.29 is 9.31 Å². The molecule has 0 aromatic rings. The van der Waals surface area contributed by atoms with E-state index in [9.17, 15) is 0 Å². The molecule has 1 heterocycles. The van der Waals surface area contributed by atoms with Crippen molar-refractivity contribution in [2.75, 3.05) is 13.2 Å². The minimum absolute atomic E-state index is 0.0162. The molecule has 0 N–H and O–H groups in total. The highest BCUT2D eigenvalue weighted by molar-refractivity contribution is 6.54. The molecular formula is C7H11BO2. The Hall–Kier alpha value is -0.275.